The van der Waals surface area contributed by atoms with E-state index in [1.807, 2.05) is 36.4 Å². The van der Waals surface area contributed by atoms with Gasteiger partial charge in [0.15, 0.2) is 0 Å². The van der Waals surface area contributed by atoms with Crippen molar-refractivity contribution in [3.8, 4) is 0 Å². The molecule has 0 fully saturated rings. The van der Waals surface area contributed by atoms with Gasteiger partial charge in [-0.1, -0.05) is 56.3 Å². The van der Waals surface area contributed by atoms with Crippen molar-refractivity contribution in [1.29, 1.82) is 0 Å². The highest BCUT2D eigenvalue weighted by atomic mass is 16.3. The normalized spacial score (nSPS) is 18.5. The fourth-order valence-electron chi connectivity index (χ4n) is 1.78. The third-order valence-corrected chi connectivity index (χ3v) is 3.23. The second kappa shape index (κ2) is 7.31. The molecule has 0 bridgehead atoms. The number of aliphatic hydroxyl groups is 3. The Kier molecular flexibility index (Phi) is 6.05. The monoisotopic (exact) mass is 250 g/mol. The summed E-state index contributed by atoms with van der Waals surface area (Å²) in [7, 11) is 0. The van der Waals surface area contributed by atoms with Crippen molar-refractivity contribution in [3.05, 3.63) is 42.0 Å². The fraction of sp³-hybridized carbons (Fsp3) is 0.467. The summed E-state index contributed by atoms with van der Waals surface area (Å²) >= 11 is 0. The van der Waals surface area contributed by atoms with Gasteiger partial charge in [0.05, 0.1) is 12.2 Å². The van der Waals surface area contributed by atoms with Crippen LogP contribution in [-0.2, 0) is 0 Å². The number of hydrogen-bond donors (Lipinski definition) is 3. The summed E-state index contributed by atoms with van der Waals surface area (Å²) < 4.78 is 0. The molecule has 3 heteroatoms. The Hall–Kier alpha value is -1.16. The number of hydrogen-bond acceptors (Lipinski definition) is 3. The first-order chi connectivity index (χ1) is 8.56. The lowest BCUT2D eigenvalue weighted by Crippen LogP contribution is -2.34. The van der Waals surface area contributed by atoms with Crippen LogP contribution in [0.1, 0.15) is 19.4 Å². The van der Waals surface area contributed by atoms with Gasteiger partial charge in [-0.3, -0.25) is 0 Å². The molecule has 0 unspecified atom stereocenters. The van der Waals surface area contributed by atoms with Gasteiger partial charge in [-0.25, -0.2) is 0 Å². The first-order valence-electron chi connectivity index (χ1n) is 6.26. The standard InChI is InChI=1S/C15H22O3/c1-11(10-16)15(18)12(2)14(17)9-8-13-6-4-3-5-7-13/h3-9,11-12,14-18H,10H2,1-2H3/b9-8+/t11-,12+,14-,15-/m0/s1. The Balaban J connectivity index is 2.59. The molecule has 0 saturated carbocycles. The molecule has 1 aromatic carbocycles. The number of rotatable bonds is 6. The molecule has 3 N–H and O–H groups in total. The van der Waals surface area contributed by atoms with Crippen molar-refractivity contribution >= 4 is 6.08 Å². The summed E-state index contributed by atoms with van der Waals surface area (Å²) in [5.41, 5.74) is 1.01. The zero-order valence-electron chi connectivity index (χ0n) is 10.9. The first kappa shape index (κ1) is 14.9. The van der Waals surface area contributed by atoms with E-state index in [2.05, 4.69) is 0 Å². The summed E-state index contributed by atoms with van der Waals surface area (Å²) in [6.07, 6.45) is 2.06. The van der Waals surface area contributed by atoms with Crippen molar-refractivity contribution in [3.63, 3.8) is 0 Å². The summed E-state index contributed by atoms with van der Waals surface area (Å²) in [5, 5.41) is 28.8. The number of benzene rings is 1. The minimum atomic E-state index is -0.728. The Labute approximate surface area is 108 Å². The second-order valence-electron chi connectivity index (χ2n) is 4.77. The zero-order valence-corrected chi connectivity index (χ0v) is 10.9. The van der Waals surface area contributed by atoms with Crippen molar-refractivity contribution in [2.45, 2.75) is 26.1 Å². The predicted molar refractivity (Wildman–Crippen MR) is 72.9 cm³/mol. The maximum absolute atomic E-state index is 9.97. The van der Waals surface area contributed by atoms with E-state index >= 15 is 0 Å². The highest BCUT2D eigenvalue weighted by Gasteiger charge is 2.25. The van der Waals surface area contributed by atoms with Gasteiger partial charge in [-0.15, -0.1) is 0 Å². The quantitative estimate of drug-likeness (QED) is 0.720. The molecule has 3 nitrogen and oxygen atoms in total. The molecule has 0 saturated heterocycles. The largest absolute Gasteiger partial charge is 0.396 e. The van der Waals surface area contributed by atoms with E-state index in [-0.39, 0.29) is 18.4 Å². The number of aliphatic hydroxyl groups excluding tert-OH is 3. The molecule has 0 aliphatic carbocycles. The molecular formula is C15H22O3. The van der Waals surface area contributed by atoms with Crippen LogP contribution in [0.3, 0.4) is 0 Å². The highest BCUT2D eigenvalue weighted by Crippen LogP contribution is 2.18. The summed E-state index contributed by atoms with van der Waals surface area (Å²) in [5.74, 6) is -0.549. The average molecular weight is 250 g/mol. The lowest BCUT2D eigenvalue weighted by Gasteiger charge is -2.26. The highest BCUT2D eigenvalue weighted by molar-refractivity contribution is 5.49. The van der Waals surface area contributed by atoms with E-state index in [1.165, 1.54) is 0 Å². The van der Waals surface area contributed by atoms with Crippen molar-refractivity contribution in [2.24, 2.45) is 11.8 Å². The van der Waals surface area contributed by atoms with Crippen molar-refractivity contribution < 1.29 is 15.3 Å². The van der Waals surface area contributed by atoms with E-state index in [9.17, 15) is 10.2 Å². The summed E-state index contributed by atoms with van der Waals surface area (Å²) in [6.45, 7) is 3.45. The lowest BCUT2D eigenvalue weighted by atomic mass is 9.89. The Morgan fingerprint density at radius 1 is 1.11 bits per heavy atom. The summed E-state index contributed by atoms with van der Waals surface area (Å²) in [6, 6.07) is 9.68. The molecule has 1 aromatic rings. The van der Waals surface area contributed by atoms with Crippen molar-refractivity contribution in [2.75, 3.05) is 6.61 Å². The van der Waals surface area contributed by atoms with Crippen LogP contribution < -0.4 is 0 Å². The molecule has 18 heavy (non-hydrogen) atoms. The minimum absolute atomic E-state index is 0.0827. The van der Waals surface area contributed by atoms with Crippen LogP contribution in [0.2, 0.25) is 0 Å². The van der Waals surface area contributed by atoms with Crippen LogP contribution in [0.15, 0.2) is 36.4 Å². The van der Waals surface area contributed by atoms with Gasteiger partial charge >= 0.3 is 0 Å². The van der Waals surface area contributed by atoms with Gasteiger partial charge in [0, 0.05) is 18.4 Å². The molecule has 0 spiro atoms. The molecule has 4 atom stereocenters. The molecule has 0 aliphatic rings. The second-order valence-corrected chi connectivity index (χ2v) is 4.77. The van der Waals surface area contributed by atoms with Gasteiger partial charge in [0.1, 0.15) is 0 Å². The van der Waals surface area contributed by atoms with E-state index in [1.54, 1.807) is 19.9 Å². The minimum Gasteiger partial charge on any atom is -0.396 e. The van der Waals surface area contributed by atoms with Gasteiger partial charge in [0.2, 0.25) is 0 Å². The molecule has 100 valence electrons. The van der Waals surface area contributed by atoms with Crippen LogP contribution in [-0.4, -0.2) is 34.1 Å². The Morgan fingerprint density at radius 2 is 1.72 bits per heavy atom. The molecule has 1 rings (SSSR count). The predicted octanol–water partition coefficient (Wildman–Crippen LogP) is 1.69. The topological polar surface area (TPSA) is 60.7 Å². The lowest BCUT2D eigenvalue weighted by molar-refractivity contribution is -0.00393. The van der Waals surface area contributed by atoms with Crippen molar-refractivity contribution in [1.82, 2.24) is 0 Å². The molecular weight excluding hydrogens is 228 g/mol. The maximum atomic E-state index is 9.97. The molecule has 0 aliphatic heterocycles. The van der Waals surface area contributed by atoms with Crippen LogP contribution >= 0.6 is 0 Å². The zero-order chi connectivity index (χ0) is 13.5. The van der Waals surface area contributed by atoms with E-state index in [4.69, 9.17) is 5.11 Å². The molecule has 0 aromatic heterocycles. The van der Waals surface area contributed by atoms with E-state index < -0.39 is 12.2 Å². The molecule has 0 amide bonds. The Morgan fingerprint density at radius 3 is 2.28 bits per heavy atom. The molecule has 0 heterocycles. The maximum Gasteiger partial charge on any atom is 0.0774 e. The van der Waals surface area contributed by atoms with Crippen LogP contribution in [0.4, 0.5) is 0 Å². The van der Waals surface area contributed by atoms with Gasteiger partial charge in [-0.05, 0) is 5.56 Å². The SMILES string of the molecule is C[C@@H]([C@@H](O)[C@@H](C)CO)[C@@H](O)/C=C/c1ccccc1. The van der Waals surface area contributed by atoms with Crippen LogP contribution in [0.25, 0.3) is 6.08 Å². The smallest absolute Gasteiger partial charge is 0.0774 e. The van der Waals surface area contributed by atoms with Gasteiger partial charge in [-0.2, -0.15) is 0 Å². The summed E-state index contributed by atoms with van der Waals surface area (Å²) in [4.78, 5) is 0. The molecule has 0 radical (unpaired) electrons. The van der Waals surface area contributed by atoms with Crippen LogP contribution in [0, 0.1) is 11.8 Å². The van der Waals surface area contributed by atoms with Crippen LogP contribution in [0.5, 0.6) is 0 Å². The van der Waals surface area contributed by atoms with Gasteiger partial charge in [0.25, 0.3) is 0 Å². The average Bonchev–Trinajstić information content (AvgIpc) is 2.43. The van der Waals surface area contributed by atoms with E-state index in [0.29, 0.717) is 0 Å². The Bertz CT molecular complexity index is 361. The fourth-order valence-corrected chi connectivity index (χ4v) is 1.78. The van der Waals surface area contributed by atoms with E-state index in [0.717, 1.165) is 5.56 Å². The first-order valence-corrected chi connectivity index (χ1v) is 6.26. The third-order valence-electron chi connectivity index (χ3n) is 3.23. The third kappa shape index (κ3) is 4.26. The van der Waals surface area contributed by atoms with Gasteiger partial charge < -0.3 is 15.3 Å².